The summed E-state index contributed by atoms with van der Waals surface area (Å²) < 4.78 is 5.57. The Morgan fingerprint density at radius 2 is 2.22 bits per heavy atom. The number of hydrogen-bond acceptors (Lipinski definition) is 2. The van der Waals surface area contributed by atoms with Gasteiger partial charge in [0.2, 0.25) is 0 Å². The molecule has 0 unspecified atom stereocenters. The second-order valence-electron chi connectivity index (χ2n) is 5.58. The van der Waals surface area contributed by atoms with Gasteiger partial charge in [-0.05, 0) is 56.7 Å². The van der Waals surface area contributed by atoms with Gasteiger partial charge >= 0.3 is 5.97 Å². The highest BCUT2D eigenvalue weighted by atomic mass is 16.5. The number of ether oxygens (including phenoxy) is 1. The SMILES string of the molecule is CC(C)(CCc1ccc2c(c1)CCCO2)C(=O)O. The Morgan fingerprint density at radius 3 is 2.94 bits per heavy atom. The summed E-state index contributed by atoms with van der Waals surface area (Å²) in [6.07, 6.45) is 3.58. The summed E-state index contributed by atoms with van der Waals surface area (Å²) in [5, 5.41) is 9.09. The van der Waals surface area contributed by atoms with Crippen LogP contribution >= 0.6 is 0 Å². The number of carboxylic acid groups (broad SMARTS) is 1. The van der Waals surface area contributed by atoms with Crippen LogP contribution in [0.5, 0.6) is 5.75 Å². The van der Waals surface area contributed by atoms with Crippen molar-refractivity contribution in [2.45, 2.75) is 39.5 Å². The highest BCUT2D eigenvalue weighted by Crippen LogP contribution is 2.28. The average Bonchev–Trinajstić information content (AvgIpc) is 2.36. The fourth-order valence-electron chi connectivity index (χ4n) is 2.13. The lowest BCUT2D eigenvalue weighted by molar-refractivity contribution is -0.147. The first kappa shape index (κ1) is 12.9. The Morgan fingerprint density at radius 1 is 1.44 bits per heavy atom. The summed E-state index contributed by atoms with van der Waals surface area (Å²) in [6.45, 7) is 4.35. The van der Waals surface area contributed by atoms with Crippen molar-refractivity contribution in [1.82, 2.24) is 0 Å². The number of benzene rings is 1. The Kier molecular flexibility index (Phi) is 3.60. The molecule has 0 fully saturated rings. The molecule has 0 radical (unpaired) electrons. The van der Waals surface area contributed by atoms with Crippen molar-refractivity contribution in [3.05, 3.63) is 29.3 Å². The van der Waals surface area contributed by atoms with Gasteiger partial charge in [-0.1, -0.05) is 12.1 Å². The summed E-state index contributed by atoms with van der Waals surface area (Å²) in [5.74, 6) is 0.256. The fraction of sp³-hybridized carbons (Fsp3) is 0.533. The maximum Gasteiger partial charge on any atom is 0.309 e. The van der Waals surface area contributed by atoms with Gasteiger partial charge in [0.15, 0.2) is 0 Å². The first-order valence-corrected chi connectivity index (χ1v) is 6.47. The zero-order valence-electron chi connectivity index (χ0n) is 11.0. The molecule has 0 atom stereocenters. The van der Waals surface area contributed by atoms with Crippen LogP contribution in [0.3, 0.4) is 0 Å². The lowest BCUT2D eigenvalue weighted by Crippen LogP contribution is -2.24. The van der Waals surface area contributed by atoms with Crippen molar-refractivity contribution < 1.29 is 14.6 Å². The molecule has 3 nitrogen and oxygen atoms in total. The minimum atomic E-state index is -0.733. The molecule has 0 spiro atoms. The molecular weight excluding hydrogens is 228 g/mol. The van der Waals surface area contributed by atoms with E-state index < -0.39 is 11.4 Å². The Balaban J connectivity index is 2.04. The molecule has 0 saturated carbocycles. The lowest BCUT2D eigenvalue weighted by Gasteiger charge is -2.20. The quantitative estimate of drug-likeness (QED) is 0.890. The van der Waals surface area contributed by atoms with Crippen molar-refractivity contribution >= 4 is 5.97 Å². The molecule has 3 heteroatoms. The van der Waals surface area contributed by atoms with Crippen molar-refractivity contribution in [1.29, 1.82) is 0 Å². The number of aliphatic carboxylic acids is 1. The number of carbonyl (C=O) groups is 1. The minimum absolute atomic E-state index is 0.655. The summed E-state index contributed by atoms with van der Waals surface area (Å²) >= 11 is 0. The first-order chi connectivity index (χ1) is 8.49. The molecule has 1 N–H and O–H groups in total. The molecule has 0 aromatic heterocycles. The van der Waals surface area contributed by atoms with Crippen LogP contribution in [-0.4, -0.2) is 17.7 Å². The minimum Gasteiger partial charge on any atom is -0.493 e. The Bertz CT molecular complexity index is 449. The second-order valence-corrected chi connectivity index (χ2v) is 5.58. The second kappa shape index (κ2) is 5.01. The van der Waals surface area contributed by atoms with E-state index in [1.807, 2.05) is 12.1 Å². The average molecular weight is 248 g/mol. The summed E-state index contributed by atoms with van der Waals surface area (Å²) in [6, 6.07) is 6.21. The highest BCUT2D eigenvalue weighted by Gasteiger charge is 2.26. The van der Waals surface area contributed by atoms with E-state index in [-0.39, 0.29) is 0 Å². The molecule has 98 valence electrons. The van der Waals surface area contributed by atoms with Crippen LogP contribution in [0.15, 0.2) is 18.2 Å². The maximum atomic E-state index is 11.1. The molecule has 1 aliphatic heterocycles. The van der Waals surface area contributed by atoms with Gasteiger partial charge in [0, 0.05) is 0 Å². The number of fused-ring (bicyclic) bond motifs is 1. The van der Waals surface area contributed by atoms with E-state index in [4.69, 9.17) is 9.84 Å². The number of hydrogen-bond donors (Lipinski definition) is 1. The van der Waals surface area contributed by atoms with E-state index in [0.717, 1.165) is 31.6 Å². The number of carboxylic acids is 1. The third-order valence-electron chi connectivity index (χ3n) is 3.59. The van der Waals surface area contributed by atoms with Gasteiger partial charge in [0.25, 0.3) is 0 Å². The van der Waals surface area contributed by atoms with Gasteiger partial charge in [0.1, 0.15) is 5.75 Å². The summed E-state index contributed by atoms with van der Waals surface area (Å²) in [5.41, 5.74) is 1.80. The van der Waals surface area contributed by atoms with Gasteiger partial charge in [-0.3, -0.25) is 4.79 Å². The van der Waals surface area contributed by atoms with E-state index >= 15 is 0 Å². The molecule has 1 aromatic carbocycles. The zero-order chi connectivity index (χ0) is 13.2. The molecule has 0 saturated heterocycles. The topological polar surface area (TPSA) is 46.5 Å². The lowest BCUT2D eigenvalue weighted by atomic mass is 9.86. The van der Waals surface area contributed by atoms with E-state index in [9.17, 15) is 4.79 Å². The van der Waals surface area contributed by atoms with Crippen LogP contribution in [0.1, 0.15) is 37.8 Å². The van der Waals surface area contributed by atoms with Gasteiger partial charge in [-0.2, -0.15) is 0 Å². The van der Waals surface area contributed by atoms with Crippen LogP contribution in [-0.2, 0) is 17.6 Å². The molecule has 0 amide bonds. The molecule has 2 rings (SSSR count). The maximum absolute atomic E-state index is 11.1. The van der Waals surface area contributed by atoms with E-state index in [2.05, 4.69) is 6.07 Å². The van der Waals surface area contributed by atoms with Crippen LogP contribution in [0, 0.1) is 5.41 Å². The van der Waals surface area contributed by atoms with Crippen LogP contribution < -0.4 is 4.74 Å². The summed E-state index contributed by atoms with van der Waals surface area (Å²) in [7, 11) is 0. The summed E-state index contributed by atoms with van der Waals surface area (Å²) in [4.78, 5) is 11.1. The Hall–Kier alpha value is -1.51. The fourth-order valence-corrected chi connectivity index (χ4v) is 2.13. The predicted molar refractivity (Wildman–Crippen MR) is 70.0 cm³/mol. The third-order valence-corrected chi connectivity index (χ3v) is 3.59. The number of aryl methyl sites for hydroxylation is 2. The zero-order valence-corrected chi connectivity index (χ0v) is 11.0. The van der Waals surface area contributed by atoms with E-state index in [1.54, 1.807) is 13.8 Å². The Labute approximate surface area is 108 Å². The molecular formula is C15H20O3. The van der Waals surface area contributed by atoms with Gasteiger partial charge < -0.3 is 9.84 Å². The van der Waals surface area contributed by atoms with Crippen LogP contribution in [0.2, 0.25) is 0 Å². The van der Waals surface area contributed by atoms with Crippen molar-refractivity contribution in [3.8, 4) is 5.75 Å². The van der Waals surface area contributed by atoms with Crippen LogP contribution in [0.4, 0.5) is 0 Å². The number of rotatable bonds is 4. The molecule has 0 bridgehead atoms. The van der Waals surface area contributed by atoms with Crippen molar-refractivity contribution in [2.24, 2.45) is 5.41 Å². The standard InChI is InChI=1S/C15H20O3/c1-15(2,14(16)17)8-7-11-5-6-13-12(10-11)4-3-9-18-13/h5-6,10H,3-4,7-9H2,1-2H3,(H,16,17). The van der Waals surface area contributed by atoms with Gasteiger partial charge in [0.05, 0.1) is 12.0 Å². The molecule has 1 aromatic rings. The van der Waals surface area contributed by atoms with Gasteiger partial charge in [-0.25, -0.2) is 0 Å². The normalized spacial score (nSPS) is 14.8. The smallest absolute Gasteiger partial charge is 0.309 e. The van der Waals surface area contributed by atoms with E-state index in [0.29, 0.717) is 6.42 Å². The monoisotopic (exact) mass is 248 g/mol. The largest absolute Gasteiger partial charge is 0.493 e. The third kappa shape index (κ3) is 2.84. The molecule has 1 heterocycles. The van der Waals surface area contributed by atoms with Crippen molar-refractivity contribution in [2.75, 3.05) is 6.61 Å². The highest BCUT2D eigenvalue weighted by molar-refractivity contribution is 5.73. The first-order valence-electron chi connectivity index (χ1n) is 6.47. The predicted octanol–water partition coefficient (Wildman–Crippen LogP) is 3.06. The molecule has 1 aliphatic rings. The van der Waals surface area contributed by atoms with E-state index in [1.165, 1.54) is 11.1 Å². The molecule has 18 heavy (non-hydrogen) atoms. The van der Waals surface area contributed by atoms with Gasteiger partial charge in [-0.15, -0.1) is 0 Å². The van der Waals surface area contributed by atoms with Crippen LogP contribution in [0.25, 0.3) is 0 Å². The van der Waals surface area contributed by atoms with Crippen molar-refractivity contribution in [3.63, 3.8) is 0 Å². The molecule has 0 aliphatic carbocycles.